The first kappa shape index (κ1) is 28.3. The summed E-state index contributed by atoms with van der Waals surface area (Å²) in [4.78, 5) is 18.5. The first-order valence-corrected chi connectivity index (χ1v) is 15.4. The molecule has 2 heterocycles. The minimum atomic E-state index is -1.13. The van der Waals surface area contributed by atoms with Crippen LogP contribution in [-0.4, -0.2) is 33.2 Å². The van der Waals surface area contributed by atoms with Gasteiger partial charge in [0.2, 0.25) is 0 Å². The van der Waals surface area contributed by atoms with Crippen LogP contribution in [0.5, 0.6) is 11.5 Å². The number of hydrogen-bond donors (Lipinski definition) is 2. The van der Waals surface area contributed by atoms with Crippen LogP contribution in [0.15, 0.2) is 109 Å². The summed E-state index contributed by atoms with van der Waals surface area (Å²) in [7, 11) is 4.07. The number of rotatable bonds is 8. The van der Waals surface area contributed by atoms with Crippen LogP contribution in [0.25, 0.3) is 0 Å². The van der Waals surface area contributed by atoms with Crippen LogP contribution in [0.1, 0.15) is 40.9 Å². The third kappa shape index (κ3) is 4.54. The fraction of sp³-hybridized carbons (Fsp3) is 0.184. The number of hydrogen-bond acceptors (Lipinski definition) is 7. The van der Waals surface area contributed by atoms with Gasteiger partial charge in [-0.2, -0.15) is 0 Å². The van der Waals surface area contributed by atoms with Gasteiger partial charge in [0, 0.05) is 43.9 Å². The Kier molecular flexibility index (Phi) is 7.09. The Bertz CT molecular complexity index is 1870. The zero-order valence-corrected chi connectivity index (χ0v) is 25.9. The van der Waals surface area contributed by atoms with Gasteiger partial charge in [-0.25, -0.2) is 4.79 Å². The van der Waals surface area contributed by atoms with Crippen molar-refractivity contribution in [3.8, 4) is 11.5 Å². The highest BCUT2D eigenvalue weighted by Crippen LogP contribution is 2.57. The molecular weight excluding hydrogens is 560 g/mol. The van der Waals surface area contributed by atoms with Gasteiger partial charge in [0.1, 0.15) is 11.5 Å². The lowest BCUT2D eigenvalue weighted by Gasteiger charge is -2.36. The molecular formula is C38H36N4O3. The number of benzene rings is 5. The summed E-state index contributed by atoms with van der Waals surface area (Å²) in [5.41, 5.74) is 7.32. The SMILES string of the molecule is CCN(CC)c1cccc(Nc2ccccc2N(C)C)c1Nc1cccc2c1C(=O)OC21c2ccccc2Oc2ccccc21. The molecule has 0 aromatic heterocycles. The lowest BCUT2D eigenvalue weighted by atomic mass is 9.77. The van der Waals surface area contributed by atoms with E-state index in [2.05, 4.69) is 64.6 Å². The third-order valence-corrected chi connectivity index (χ3v) is 8.71. The minimum absolute atomic E-state index is 0.382. The molecule has 7 rings (SSSR count). The van der Waals surface area contributed by atoms with Crippen LogP contribution in [0.2, 0.25) is 0 Å². The maximum absolute atomic E-state index is 14.1. The van der Waals surface area contributed by atoms with Crippen molar-refractivity contribution in [2.24, 2.45) is 0 Å². The Hall–Kier alpha value is -5.43. The van der Waals surface area contributed by atoms with Crippen molar-refractivity contribution in [3.63, 3.8) is 0 Å². The number of para-hydroxylation sites is 5. The van der Waals surface area contributed by atoms with E-state index in [4.69, 9.17) is 9.47 Å². The smallest absolute Gasteiger partial charge is 0.342 e. The molecule has 5 aromatic rings. The van der Waals surface area contributed by atoms with Gasteiger partial charge >= 0.3 is 5.97 Å². The Labute approximate surface area is 264 Å². The van der Waals surface area contributed by atoms with E-state index in [0.29, 0.717) is 22.7 Å². The predicted octanol–water partition coefficient (Wildman–Crippen LogP) is 8.65. The number of anilines is 6. The maximum atomic E-state index is 14.1. The molecule has 0 saturated carbocycles. The van der Waals surface area contributed by atoms with Crippen molar-refractivity contribution in [1.82, 2.24) is 0 Å². The van der Waals surface area contributed by atoms with E-state index in [1.807, 2.05) is 93.0 Å². The monoisotopic (exact) mass is 596 g/mol. The van der Waals surface area contributed by atoms with E-state index in [1.165, 1.54) is 0 Å². The van der Waals surface area contributed by atoms with Gasteiger partial charge in [0.25, 0.3) is 0 Å². The number of carbonyl (C=O) groups excluding carboxylic acids is 1. The first-order valence-electron chi connectivity index (χ1n) is 15.4. The van der Waals surface area contributed by atoms with Crippen LogP contribution in [0, 0.1) is 0 Å². The summed E-state index contributed by atoms with van der Waals surface area (Å²) in [6.45, 7) is 5.95. The molecule has 2 aliphatic heterocycles. The largest absolute Gasteiger partial charge is 0.456 e. The summed E-state index contributed by atoms with van der Waals surface area (Å²) in [5, 5.41) is 7.39. The van der Waals surface area contributed by atoms with Crippen LogP contribution >= 0.6 is 0 Å². The molecule has 5 aromatic carbocycles. The molecule has 0 saturated heterocycles. The van der Waals surface area contributed by atoms with Crippen molar-refractivity contribution in [2.45, 2.75) is 19.4 Å². The van der Waals surface area contributed by atoms with Gasteiger partial charge in [0.05, 0.1) is 39.7 Å². The zero-order valence-electron chi connectivity index (χ0n) is 25.9. The Morgan fingerprint density at radius 1 is 0.622 bits per heavy atom. The van der Waals surface area contributed by atoms with E-state index < -0.39 is 5.60 Å². The second kappa shape index (κ2) is 11.2. The average molecular weight is 597 g/mol. The Morgan fingerprint density at radius 2 is 1.18 bits per heavy atom. The number of carbonyl (C=O) groups is 1. The molecule has 45 heavy (non-hydrogen) atoms. The van der Waals surface area contributed by atoms with E-state index in [9.17, 15) is 4.79 Å². The minimum Gasteiger partial charge on any atom is -0.456 e. The van der Waals surface area contributed by atoms with Crippen LogP contribution in [-0.2, 0) is 10.3 Å². The molecule has 0 atom stereocenters. The molecule has 2 N–H and O–H groups in total. The van der Waals surface area contributed by atoms with Crippen molar-refractivity contribution < 1.29 is 14.3 Å². The number of fused-ring (bicyclic) bond motifs is 6. The van der Waals surface area contributed by atoms with Crippen LogP contribution in [0.4, 0.5) is 34.1 Å². The van der Waals surface area contributed by atoms with Gasteiger partial charge in [-0.15, -0.1) is 0 Å². The summed E-state index contributed by atoms with van der Waals surface area (Å²) >= 11 is 0. The number of nitrogens with one attached hydrogen (secondary N) is 2. The quantitative estimate of drug-likeness (QED) is 0.174. The summed E-state index contributed by atoms with van der Waals surface area (Å²) in [6, 6.07) is 36.0. The van der Waals surface area contributed by atoms with Gasteiger partial charge in [-0.3, -0.25) is 0 Å². The normalized spacial score (nSPS) is 13.6. The van der Waals surface area contributed by atoms with Gasteiger partial charge in [0.15, 0.2) is 5.60 Å². The number of esters is 1. The highest BCUT2D eigenvalue weighted by molar-refractivity contribution is 6.04. The molecule has 7 nitrogen and oxygen atoms in total. The molecule has 0 amide bonds. The predicted molar refractivity (Wildman–Crippen MR) is 182 cm³/mol. The van der Waals surface area contributed by atoms with E-state index >= 15 is 0 Å². The van der Waals surface area contributed by atoms with Gasteiger partial charge < -0.3 is 29.9 Å². The topological polar surface area (TPSA) is 66.1 Å². The maximum Gasteiger partial charge on any atom is 0.342 e. The van der Waals surface area contributed by atoms with E-state index in [1.54, 1.807) is 0 Å². The molecule has 0 fully saturated rings. The van der Waals surface area contributed by atoms with Crippen LogP contribution in [0.3, 0.4) is 0 Å². The molecule has 0 bridgehead atoms. The van der Waals surface area contributed by atoms with Crippen molar-refractivity contribution in [1.29, 1.82) is 0 Å². The Morgan fingerprint density at radius 3 is 1.87 bits per heavy atom. The van der Waals surface area contributed by atoms with E-state index in [-0.39, 0.29) is 5.97 Å². The highest BCUT2D eigenvalue weighted by Gasteiger charge is 2.54. The van der Waals surface area contributed by atoms with Crippen molar-refractivity contribution in [3.05, 3.63) is 131 Å². The molecule has 0 aliphatic carbocycles. The first-order chi connectivity index (χ1) is 22.0. The molecule has 1 spiro atoms. The second-order valence-electron chi connectivity index (χ2n) is 11.4. The fourth-order valence-corrected chi connectivity index (χ4v) is 6.62. The lowest BCUT2D eigenvalue weighted by molar-refractivity contribution is 0.0225. The van der Waals surface area contributed by atoms with Gasteiger partial charge in [-0.05, 0) is 56.3 Å². The molecule has 2 aliphatic rings. The summed E-state index contributed by atoms with van der Waals surface area (Å²) in [5.74, 6) is 0.966. The third-order valence-electron chi connectivity index (χ3n) is 8.71. The molecule has 0 unspecified atom stereocenters. The van der Waals surface area contributed by atoms with Crippen molar-refractivity contribution >= 4 is 40.1 Å². The summed E-state index contributed by atoms with van der Waals surface area (Å²) < 4.78 is 12.8. The molecule has 226 valence electrons. The average Bonchev–Trinajstić information content (AvgIpc) is 3.36. The standard InChI is InChI=1S/C38H36N4O3/c1-5-42(6-2)32-22-14-20-30(39-28-18-9-10-21-31(28)41(3)4)36(32)40-29-19-13-17-27-35(29)37(43)45-38(27)25-15-7-11-23-33(25)44-34-24-12-8-16-26(34)38/h7-24,39-40H,5-6H2,1-4H3. The zero-order chi connectivity index (χ0) is 31.1. The van der Waals surface area contributed by atoms with Gasteiger partial charge in [-0.1, -0.05) is 66.7 Å². The van der Waals surface area contributed by atoms with E-state index in [0.717, 1.165) is 58.2 Å². The summed E-state index contributed by atoms with van der Waals surface area (Å²) in [6.07, 6.45) is 0. The molecule has 0 radical (unpaired) electrons. The fourth-order valence-electron chi connectivity index (χ4n) is 6.62. The number of ether oxygens (including phenoxy) is 2. The Balaban J connectivity index is 1.40. The number of nitrogens with zero attached hydrogens (tertiary/aromatic N) is 2. The van der Waals surface area contributed by atoms with Crippen molar-refractivity contribution in [2.75, 3.05) is 47.6 Å². The van der Waals surface area contributed by atoms with Crippen LogP contribution < -0.4 is 25.2 Å². The lowest BCUT2D eigenvalue weighted by Crippen LogP contribution is -2.32. The highest BCUT2D eigenvalue weighted by atomic mass is 16.6. The second-order valence-corrected chi connectivity index (χ2v) is 11.4. The molecule has 7 heteroatoms.